The van der Waals surface area contributed by atoms with Gasteiger partial charge in [-0.05, 0) is 25.2 Å². The molecule has 2 rings (SSSR count). The summed E-state index contributed by atoms with van der Waals surface area (Å²) in [6.45, 7) is 8.58. The molecule has 2 atom stereocenters. The molecule has 106 valence electrons. The number of carbonyl (C=O) groups is 1. The first-order chi connectivity index (χ1) is 8.80. The standard InChI is InChI=1S/C14H23N3O2/c1-9-8-11(19-16-9)10-6-5-7-17(10)13(18)12(15)14(2,3)4/h8,10,12H,5-7,15H2,1-4H3/t10?,12-/m0/s1. The summed E-state index contributed by atoms with van der Waals surface area (Å²) in [5.41, 5.74) is 6.69. The maximum Gasteiger partial charge on any atom is 0.240 e. The predicted molar refractivity (Wildman–Crippen MR) is 72.4 cm³/mol. The number of carbonyl (C=O) groups excluding carboxylic acids is 1. The number of nitrogens with zero attached hydrogens (tertiary/aromatic N) is 2. The Balaban J connectivity index is 2.17. The van der Waals surface area contributed by atoms with E-state index in [1.165, 1.54) is 0 Å². The van der Waals surface area contributed by atoms with E-state index in [1.807, 2.05) is 38.7 Å². The predicted octanol–water partition coefficient (Wildman–Crippen LogP) is 2.02. The molecule has 5 heteroatoms. The van der Waals surface area contributed by atoms with E-state index in [2.05, 4.69) is 5.16 Å². The Bertz CT molecular complexity index is 462. The van der Waals surface area contributed by atoms with Crippen molar-refractivity contribution in [1.82, 2.24) is 10.1 Å². The van der Waals surface area contributed by atoms with Crippen LogP contribution in [0.2, 0.25) is 0 Å². The number of aromatic nitrogens is 1. The van der Waals surface area contributed by atoms with Crippen molar-refractivity contribution in [2.45, 2.75) is 52.6 Å². The van der Waals surface area contributed by atoms with Crippen molar-refractivity contribution in [1.29, 1.82) is 0 Å². The van der Waals surface area contributed by atoms with Crippen LogP contribution >= 0.6 is 0 Å². The van der Waals surface area contributed by atoms with E-state index in [4.69, 9.17) is 10.3 Å². The lowest BCUT2D eigenvalue weighted by molar-refractivity contribution is -0.136. The quantitative estimate of drug-likeness (QED) is 0.888. The van der Waals surface area contributed by atoms with Gasteiger partial charge in [-0.2, -0.15) is 0 Å². The molecule has 1 fully saturated rings. The lowest BCUT2D eigenvalue weighted by atomic mass is 9.86. The molecule has 0 saturated carbocycles. The number of likely N-dealkylation sites (tertiary alicyclic amines) is 1. The molecule has 19 heavy (non-hydrogen) atoms. The zero-order valence-corrected chi connectivity index (χ0v) is 12.1. The van der Waals surface area contributed by atoms with Gasteiger partial charge in [-0.15, -0.1) is 0 Å². The molecule has 1 aliphatic heterocycles. The molecule has 0 radical (unpaired) electrons. The molecule has 1 unspecified atom stereocenters. The van der Waals surface area contributed by atoms with Gasteiger partial charge in [0.1, 0.15) is 0 Å². The normalized spacial score (nSPS) is 21.7. The van der Waals surface area contributed by atoms with Crippen molar-refractivity contribution in [3.05, 3.63) is 17.5 Å². The lowest BCUT2D eigenvalue weighted by Gasteiger charge is -2.32. The summed E-state index contributed by atoms with van der Waals surface area (Å²) in [6.07, 6.45) is 1.89. The highest BCUT2D eigenvalue weighted by atomic mass is 16.5. The van der Waals surface area contributed by atoms with Crippen molar-refractivity contribution < 1.29 is 9.32 Å². The third-order valence-corrected chi connectivity index (χ3v) is 3.71. The highest BCUT2D eigenvalue weighted by Gasteiger charge is 2.38. The SMILES string of the molecule is Cc1cc(C2CCCN2C(=O)[C@H](N)C(C)(C)C)on1. The number of amides is 1. The summed E-state index contributed by atoms with van der Waals surface area (Å²) in [5, 5.41) is 3.90. The van der Waals surface area contributed by atoms with Crippen molar-refractivity contribution in [3.63, 3.8) is 0 Å². The van der Waals surface area contributed by atoms with Gasteiger partial charge in [-0.25, -0.2) is 0 Å². The first-order valence-electron chi connectivity index (χ1n) is 6.80. The first kappa shape index (κ1) is 14.1. The molecular formula is C14H23N3O2. The van der Waals surface area contributed by atoms with E-state index in [0.29, 0.717) is 0 Å². The van der Waals surface area contributed by atoms with E-state index in [-0.39, 0.29) is 17.4 Å². The van der Waals surface area contributed by atoms with Gasteiger partial charge in [0, 0.05) is 12.6 Å². The van der Waals surface area contributed by atoms with E-state index in [9.17, 15) is 4.79 Å². The number of rotatable bonds is 2. The Kier molecular flexibility index (Phi) is 3.67. The molecule has 1 aromatic rings. The smallest absolute Gasteiger partial charge is 0.240 e. The zero-order valence-electron chi connectivity index (χ0n) is 12.1. The second-order valence-corrected chi connectivity index (χ2v) is 6.40. The number of hydrogen-bond acceptors (Lipinski definition) is 4. The van der Waals surface area contributed by atoms with Gasteiger partial charge in [0.15, 0.2) is 5.76 Å². The summed E-state index contributed by atoms with van der Waals surface area (Å²) in [4.78, 5) is 14.4. The molecule has 2 N–H and O–H groups in total. The molecule has 0 aromatic carbocycles. The molecule has 0 spiro atoms. The molecule has 1 aliphatic rings. The molecule has 1 saturated heterocycles. The highest BCUT2D eigenvalue weighted by Crippen LogP contribution is 2.34. The van der Waals surface area contributed by atoms with Gasteiger partial charge in [0.2, 0.25) is 5.91 Å². The molecule has 1 aromatic heterocycles. The Hall–Kier alpha value is -1.36. The van der Waals surface area contributed by atoms with Gasteiger partial charge in [-0.3, -0.25) is 4.79 Å². The van der Waals surface area contributed by atoms with E-state index < -0.39 is 6.04 Å². The topological polar surface area (TPSA) is 72.4 Å². The van der Waals surface area contributed by atoms with Crippen LogP contribution in [0, 0.1) is 12.3 Å². The Labute approximate surface area is 114 Å². The fourth-order valence-electron chi connectivity index (χ4n) is 2.42. The number of aryl methyl sites for hydroxylation is 1. The zero-order chi connectivity index (χ0) is 14.2. The minimum Gasteiger partial charge on any atom is -0.359 e. The Morgan fingerprint density at radius 1 is 1.58 bits per heavy atom. The summed E-state index contributed by atoms with van der Waals surface area (Å²) in [6, 6.07) is 1.40. The van der Waals surface area contributed by atoms with Gasteiger partial charge in [0.25, 0.3) is 0 Å². The van der Waals surface area contributed by atoms with Gasteiger partial charge < -0.3 is 15.2 Å². The molecular weight excluding hydrogens is 242 g/mol. The van der Waals surface area contributed by atoms with E-state index >= 15 is 0 Å². The average Bonchev–Trinajstić information content (AvgIpc) is 2.93. The van der Waals surface area contributed by atoms with Crippen molar-refractivity contribution in [2.75, 3.05) is 6.54 Å². The summed E-state index contributed by atoms with van der Waals surface area (Å²) < 4.78 is 5.31. The minimum absolute atomic E-state index is 0.00375. The lowest BCUT2D eigenvalue weighted by Crippen LogP contribution is -2.50. The Morgan fingerprint density at radius 3 is 2.79 bits per heavy atom. The Morgan fingerprint density at radius 2 is 2.26 bits per heavy atom. The van der Waals surface area contributed by atoms with Crippen LogP contribution in [0.15, 0.2) is 10.6 Å². The average molecular weight is 265 g/mol. The second-order valence-electron chi connectivity index (χ2n) is 6.40. The number of hydrogen-bond donors (Lipinski definition) is 1. The molecule has 5 nitrogen and oxygen atoms in total. The maximum absolute atomic E-state index is 12.5. The maximum atomic E-state index is 12.5. The van der Waals surface area contributed by atoms with Crippen LogP contribution in [0.1, 0.15) is 51.1 Å². The second kappa shape index (κ2) is 4.96. The fourth-order valence-corrected chi connectivity index (χ4v) is 2.42. The first-order valence-corrected chi connectivity index (χ1v) is 6.80. The van der Waals surface area contributed by atoms with Crippen LogP contribution in [0.4, 0.5) is 0 Å². The summed E-state index contributed by atoms with van der Waals surface area (Å²) >= 11 is 0. The summed E-state index contributed by atoms with van der Waals surface area (Å²) in [7, 11) is 0. The van der Waals surface area contributed by atoms with Gasteiger partial charge >= 0.3 is 0 Å². The van der Waals surface area contributed by atoms with Crippen molar-refractivity contribution >= 4 is 5.91 Å². The molecule has 2 heterocycles. The van der Waals surface area contributed by atoms with E-state index in [0.717, 1.165) is 30.8 Å². The highest BCUT2D eigenvalue weighted by molar-refractivity contribution is 5.83. The van der Waals surface area contributed by atoms with Crippen LogP contribution in [0.25, 0.3) is 0 Å². The van der Waals surface area contributed by atoms with E-state index in [1.54, 1.807) is 0 Å². The van der Waals surface area contributed by atoms with Gasteiger partial charge in [-0.1, -0.05) is 25.9 Å². The van der Waals surface area contributed by atoms with Crippen LogP contribution in [0.5, 0.6) is 0 Å². The molecule has 0 bridgehead atoms. The van der Waals surface area contributed by atoms with Crippen LogP contribution in [0.3, 0.4) is 0 Å². The third-order valence-electron chi connectivity index (χ3n) is 3.71. The summed E-state index contributed by atoms with van der Waals surface area (Å²) in [5.74, 6) is 0.772. The molecule has 0 aliphatic carbocycles. The van der Waals surface area contributed by atoms with Gasteiger partial charge in [0.05, 0.1) is 17.8 Å². The minimum atomic E-state index is -0.489. The van der Waals surface area contributed by atoms with Crippen molar-refractivity contribution in [2.24, 2.45) is 11.1 Å². The third kappa shape index (κ3) is 2.81. The fraction of sp³-hybridized carbons (Fsp3) is 0.714. The van der Waals surface area contributed by atoms with Crippen LogP contribution < -0.4 is 5.73 Å². The van der Waals surface area contributed by atoms with Crippen molar-refractivity contribution in [3.8, 4) is 0 Å². The monoisotopic (exact) mass is 265 g/mol. The molecule has 1 amide bonds. The largest absolute Gasteiger partial charge is 0.359 e. The van der Waals surface area contributed by atoms with Crippen LogP contribution in [-0.4, -0.2) is 28.6 Å². The van der Waals surface area contributed by atoms with Crippen LogP contribution in [-0.2, 0) is 4.79 Å². The number of nitrogens with two attached hydrogens (primary N) is 1.